The number of hydrogen-bond donors (Lipinski definition) is 1. The molecule has 1 aromatic rings. The first kappa shape index (κ1) is 13.9. The van der Waals surface area contributed by atoms with Gasteiger partial charge in [-0.2, -0.15) is 4.39 Å². The molecule has 17 heavy (non-hydrogen) atoms. The second kappa shape index (κ2) is 5.92. The Balaban J connectivity index is 2.34. The van der Waals surface area contributed by atoms with Gasteiger partial charge in [-0.15, -0.1) is 0 Å². The van der Waals surface area contributed by atoms with Gasteiger partial charge in [0.1, 0.15) is 0 Å². The summed E-state index contributed by atoms with van der Waals surface area (Å²) in [4.78, 5) is 0. The molecule has 0 fully saturated rings. The number of sulfonamides is 1. The highest BCUT2D eigenvalue weighted by Crippen LogP contribution is 2.19. The molecule has 2 N–H and O–H groups in total. The van der Waals surface area contributed by atoms with E-state index >= 15 is 0 Å². The van der Waals surface area contributed by atoms with E-state index in [2.05, 4.69) is 0 Å². The van der Waals surface area contributed by atoms with Crippen LogP contribution >= 0.6 is 0 Å². The van der Waals surface area contributed by atoms with Gasteiger partial charge < -0.3 is 4.74 Å². The van der Waals surface area contributed by atoms with E-state index in [1.165, 1.54) is 12.1 Å². The van der Waals surface area contributed by atoms with Gasteiger partial charge in [-0.05, 0) is 25.0 Å². The van der Waals surface area contributed by atoms with E-state index in [-0.39, 0.29) is 18.1 Å². The molecule has 0 bridgehead atoms. The fourth-order valence-corrected chi connectivity index (χ4v) is 1.79. The van der Waals surface area contributed by atoms with Crippen molar-refractivity contribution in [1.82, 2.24) is 0 Å². The lowest BCUT2D eigenvalue weighted by molar-refractivity contribution is 0.289. The molecule has 0 heterocycles. The normalized spacial score (nSPS) is 11.5. The van der Waals surface area contributed by atoms with Crippen molar-refractivity contribution in [2.24, 2.45) is 5.14 Å². The summed E-state index contributed by atoms with van der Waals surface area (Å²) in [6.45, 7) is 0.107. The Bertz CT molecular complexity index is 476. The third-order valence-electron chi connectivity index (χ3n) is 2.00. The van der Waals surface area contributed by atoms with E-state index in [0.29, 0.717) is 12.8 Å². The SMILES string of the molecule is NS(=O)(=O)CCCCOc1cccc(F)c1F. The van der Waals surface area contributed by atoms with Crippen LogP contribution in [0.5, 0.6) is 5.75 Å². The summed E-state index contributed by atoms with van der Waals surface area (Å²) in [7, 11) is -3.47. The number of unbranched alkanes of at least 4 members (excludes halogenated alkanes) is 1. The number of ether oxygens (including phenoxy) is 1. The van der Waals surface area contributed by atoms with Gasteiger partial charge in [0.25, 0.3) is 0 Å². The number of nitrogens with two attached hydrogens (primary N) is 1. The van der Waals surface area contributed by atoms with E-state index < -0.39 is 21.7 Å². The van der Waals surface area contributed by atoms with Crippen LogP contribution in [0.4, 0.5) is 8.78 Å². The average molecular weight is 265 g/mol. The van der Waals surface area contributed by atoms with E-state index in [9.17, 15) is 17.2 Å². The Morgan fingerprint density at radius 1 is 1.24 bits per heavy atom. The molecule has 7 heteroatoms. The maximum Gasteiger partial charge on any atom is 0.209 e. The zero-order chi connectivity index (χ0) is 12.9. The molecule has 0 aliphatic heterocycles. The minimum atomic E-state index is -3.47. The molecule has 0 unspecified atom stereocenters. The van der Waals surface area contributed by atoms with Crippen molar-refractivity contribution in [3.8, 4) is 5.75 Å². The molecule has 0 saturated carbocycles. The predicted octanol–water partition coefficient (Wildman–Crippen LogP) is 1.41. The van der Waals surface area contributed by atoms with Crippen molar-refractivity contribution in [3.63, 3.8) is 0 Å². The van der Waals surface area contributed by atoms with E-state index in [1.54, 1.807) is 0 Å². The molecular formula is C10H13F2NO3S. The molecule has 0 aliphatic rings. The topological polar surface area (TPSA) is 69.4 Å². The fraction of sp³-hybridized carbons (Fsp3) is 0.400. The summed E-state index contributed by atoms with van der Waals surface area (Å²) in [5.41, 5.74) is 0. The summed E-state index contributed by atoms with van der Waals surface area (Å²) >= 11 is 0. The quantitative estimate of drug-likeness (QED) is 0.791. The van der Waals surface area contributed by atoms with Gasteiger partial charge in [-0.25, -0.2) is 17.9 Å². The summed E-state index contributed by atoms with van der Waals surface area (Å²) in [5.74, 6) is -2.35. The van der Waals surface area contributed by atoms with Crippen LogP contribution in [0.2, 0.25) is 0 Å². The first-order chi connectivity index (χ1) is 7.90. The summed E-state index contributed by atoms with van der Waals surface area (Å²) in [6, 6.07) is 3.62. The Kier molecular flexibility index (Phi) is 4.83. The van der Waals surface area contributed by atoms with Gasteiger partial charge in [-0.3, -0.25) is 0 Å². The third-order valence-corrected chi connectivity index (χ3v) is 2.85. The van der Waals surface area contributed by atoms with Gasteiger partial charge in [0.15, 0.2) is 11.6 Å². The molecular weight excluding hydrogens is 252 g/mol. The van der Waals surface area contributed by atoms with Crippen molar-refractivity contribution < 1.29 is 21.9 Å². The molecule has 1 rings (SSSR count). The fourth-order valence-electron chi connectivity index (χ4n) is 1.18. The lowest BCUT2D eigenvalue weighted by Crippen LogP contribution is -2.16. The van der Waals surface area contributed by atoms with E-state index in [4.69, 9.17) is 9.88 Å². The maximum absolute atomic E-state index is 13.1. The van der Waals surface area contributed by atoms with Crippen LogP contribution in [0.1, 0.15) is 12.8 Å². The zero-order valence-electron chi connectivity index (χ0n) is 9.03. The minimum Gasteiger partial charge on any atom is -0.490 e. The highest BCUT2D eigenvalue weighted by atomic mass is 32.2. The third kappa shape index (κ3) is 5.10. The van der Waals surface area contributed by atoms with E-state index in [1.807, 2.05) is 0 Å². The molecule has 0 aromatic heterocycles. The first-order valence-corrected chi connectivity index (χ1v) is 6.69. The van der Waals surface area contributed by atoms with Crippen LogP contribution in [-0.4, -0.2) is 20.8 Å². The molecule has 1 aromatic carbocycles. The second-order valence-electron chi connectivity index (χ2n) is 3.47. The number of primary sulfonamides is 1. The van der Waals surface area contributed by atoms with Crippen LogP contribution in [0.25, 0.3) is 0 Å². The highest BCUT2D eigenvalue weighted by Gasteiger charge is 2.08. The largest absolute Gasteiger partial charge is 0.490 e. The molecule has 0 saturated heterocycles. The van der Waals surface area contributed by atoms with Crippen LogP contribution in [0, 0.1) is 11.6 Å². The van der Waals surface area contributed by atoms with Crippen molar-refractivity contribution in [3.05, 3.63) is 29.8 Å². The molecule has 0 amide bonds. The zero-order valence-corrected chi connectivity index (χ0v) is 9.84. The Hall–Kier alpha value is -1.21. The van der Waals surface area contributed by atoms with Crippen molar-refractivity contribution >= 4 is 10.0 Å². The maximum atomic E-state index is 13.1. The summed E-state index contributed by atoms with van der Waals surface area (Å²) < 4.78 is 52.0. The molecule has 0 radical (unpaired) electrons. The van der Waals surface area contributed by atoms with Gasteiger partial charge in [0.05, 0.1) is 12.4 Å². The number of halogens is 2. The van der Waals surface area contributed by atoms with Crippen molar-refractivity contribution in [2.45, 2.75) is 12.8 Å². The van der Waals surface area contributed by atoms with Gasteiger partial charge in [0, 0.05) is 0 Å². The van der Waals surface area contributed by atoms with Crippen LogP contribution in [0.3, 0.4) is 0 Å². The smallest absolute Gasteiger partial charge is 0.209 e. The first-order valence-electron chi connectivity index (χ1n) is 4.97. The molecule has 0 spiro atoms. The highest BCUT2D eigenvalue weighted by molar-refractivity contribution is 7.89. The number of hydrogen-bond acceptors (Lipinski definition) is 3. The predicted molar refractivity (Wildman–Crippen MR) is 59.1 cm³/mol. The lowest BCUT2D eigenvalue weighted by Gasteiger charge is -2.06. The van der Waals surface area contributed by atoms with Crippen LogP contribution < -0.4 is 9.88 Å². The van der Waals surface area contributed by atoms with Crippen molar-refractivity contribution in [2.75, 3.05) is 12.4 Å². The number of benzene rings is 1. The second-order valence-corrected chi connectivity index (χ2v) is 5.21. The van der Waals surface area contributed by atoms with E-state index in [0.717, 1.165) is 6.07 Å². The lowest BCUT2D eigenvalue weighted by atomic mass is 10.3. The van der Waals surface area contributed by atoms with Crippen molar-refractivity contribution in [1.29, 1.82) is 0 Å². The van der Waals surface area contributed by atoms with Gasteiger partial charge in [-0.1, -0.05) is 6.07 Å². The Labute approximate surface area is 98.4 Å². The van der Waals surface area contributed by atoms with Crippen LogP contribution in [0.15, 0.2) is 18.2 Å². The molecule has 0 atom stereocenters. The summed E-state index contributed by atoms with van der Waals surface area (Å²) in [6.07, 6.45) is 0.710. The van der Waals surface area contributed by atoms with Gasteiger partial charge in [0.2, 0.25) is 15.8 Å². The molecule has 4 nitrogen and oxygen atoms in total. The monoisotopic (exact) mass is 265 g/mol. The standard InChI is InChI=1S/C10H13F2NO3S/c11-8-4-3-5-9(10(8)12)16-6-1-2-7-17(13,14)15/h3-5H,1-2,6-7H2,(H2,13,14,15). The van der Waals surface area contributed by atoms with Gasteiger partial charge >= 0.3 is 0 Å². The minimum absolute atomic E-state index is 0.107. The average Bonchev–Trinajstić information content (AvgIpc) is 2.22. The van der Waals surface area contributed by atoms with Crippen LogP contribution in [-0.2, 0) is 10.0 Å². The summed E-state index contributed by atoms with van der Waals surface area (Å²) in [5, 5.41) is 4.79. The number of rotatable bonds is 6. The Morgan fingerprint density at radius 2 is 1.94 bits per heavy atom. The molecule has 96 valence electrons. The molecule has 0 aliphatic carbocycles. The Morgan fingerprint density at radius 3 is 2.59 bits per heavy atom.